The maximum Gasteiger partial charge on any atom is 0.389 e. The second kappa shape index (κ2) is 9.00. The van der Waals surface area contributed by atoms with E-state index in [9.17, 15) is 18.0 Å². The van der Waals surface area contributed by atoms with E-state index in [1.165, 1.54) is 5.56 Å². The highest BCUT2D eigenvalue weighted by Gasteiger charge is 2.27. The summed E-state index contributed by atoms with van der Waals surface area (Å²) in [6, 6.07) is 7.25. The molecular weight excluding hydrogens is 317 g/mol. The molecule has 1 aromatic carbocycles. The number of rotatable bonds is 6. The van der Waals surface area contributed by atoms with Crippen molar-refractivity contribution >= 4 is 18.3 Å². The van der Waals surface area contributed by atoms with Crippen LogP contribution in [-0.4, -0.2) is 18.6 Å². The van der Waals surface area contributed by atoms with E-state index in [0.717, 1.165) is 5.56 Å². The molecule has 7 heteroatoms. The van der Waals surface area contributed by atoms with E-state index >= 15 is 0 Å². The Kier molecular flexibility index (Phi) is 8.48. The monoisotopic (exact) mass is 338 g/mol. The van der Waals surface area contributed by atoms with Gasteiger partial charge in [0.05, 0.1) is 6.42 Å². The van der Waals surface area contributed by atoms with Gasteiger partial charge in [0.15, 0.2) is 0 Å². The Morgan fingerprint density at radius 3 is 2.14 bits per heavy atom. The van der Waals surface area contributed by atoms with E-state index in [-0.39, 0.29) is 19.0 Å². The zero-order valence-corrected chi connectivity index (χ0v) is 13.4. The Hall–Kier alpha value is -1.27. The number of alkyl halides is 3. The molecule has 0 saturated carbocycles. The summed E-state index contributed by atoms with van der Waals surface area (Å²) in [7, 11) is 0. The molecule has 0 spiro atoms. The summed E-state index contributed by atoms with van der Waals surface area (Å²) in [5.74, 6) is -0.223. The average molecular weight is 339 g/mol. The van der Waals surface area contributed by atoms with E-state index in [1.54, 1.807) is 0 Å². The van der Waals surface area contributed by atoms with Gasteiger partial charge in [-0.1, -0.05) is 38.1 Å². The van der Waals surface area contributed by atoms with Crippen LogP contribution in [0.3, 0.4) is 0 Å². The Morgan fingerprint density at radius 2 is 1.68 bits per heavy atom. The largest absolute Gasteiger partial charge is 0.389 e. The molecule has 1 atom stereocenters. The number of carbonyl (C=O) groups excluding carboxylic acids is 1. The number of hydrogen-bond acceptors (Lipinski definition) is 2. The predicted octanol–water partition coefficient (Wildman–Crippen LogP) is 3.69. The predicted molar refractivity (Wildman–Crippen MR) is 83.0 cm³/mol. The average Bonchev–Trinajstić information content (AvgIpc) is 2.41. The molecule has 1 unspecified atom stereocenters. The van der Waals surface area contributed by atoms with Gasteiger partial charge in [-0.15, -0.1) is 12.4 Å². The van der Waals surface area contributed by atoms with Crippen molar-refractivity contribution in [2.24, 2.45) is 5.73 Å². The fourth-order valence-corrected chi connectivity index (χ4v) is 1.81. The summed E-state index contributed by atoms with van der Waals surface area (Å²) < 4.78 is 35.9. The fourth-order valence-electron chi connectivity index (χ4n) is 1.81. The van der Waals surface area contributed by atoms with Crippen LogP contribution in [-0.2, 0) is 4.79 Å². The first kappa shape index (κ1) is 20.7. The van der Waals surface area contributed by atoms with E-state index in [2.05, 4.69) is 19.2 Å². The van der Waals surface area contributed by atoms with Crippen molar-refractivity contribution in [2.75, 3.05) is 6.54 Å². The minimum Gasteiger partial charge on any atom is -0.354 e. The number of hydrogen-bond donors (Lipinski definition) is 2. The lowest BCUT2D eigenvalue weighted by Gasteiger charge is -2.15. The van der Waals surface area contributed by atoms with Crippen molar-refractivity contribution in [3.8, 4) is 0 Å². The van der Waals surface area contributed by atoms with Gasteiger partial charge in [-0.2, -0.15) is 13.2 Å². The smallest absolute Gasteiger partial charge is 0.354 e. The van der Waals surface area contributed by atoms with E-state index < -0.39 is 31.0 Å². The van der Waals surface area contributed by atoms with Crippen LogP contribution in [0.15, 0.2) is 24.3 Å². The molecular formula is C15H22ClF3N2O. The lowest BCUT2D eigenvalue weighted by Crippen LogP contribution is -2.32. The zero-order chi connectivity index (χ0) is 16.0. The Bertz CT molecular complexity index is 461. The lowest BCUT2D eigenvalue weighted by molar-refractivity contribution is -0.144. The molecule has 0 aromatic heterocycles. The molecule has 0 aliphatic carbocycles. The van der Waals surface area contributed by atoms with Crippen molar-refractivity contribution in [1.82, 2.24) is 5.32 Å². The van der Waals surface area contributed by atoms with Gasteiger partial charge >= 0.3 is 6.18 Å². The Labute approximate surface area is 134 Å². The van der Waals surface area contributed by atoms with Crippen molar-refractivity contribution in [2.45, 2.75) is 44.8 Å². The normalized spacial score (nSPS) is 12.7. The van der Waals surface area contributed by atoms with Gasteiger partial charge in [-0.05, 0) is 17.0 Å². The third-order valence-corrected chi connectivity index (χ3v) is 3.19. The third-order valence-electron chi connectivity index (χ3n) is 3.19. The first-order valence-corrected chi connectivity index (χ1v) is 6.88. The fraction of sp³-hybridized carbons (Fsp3) is 0.533. The molecule has 0 fully saturated rings. The highest BCUT2D eigenvalue weighted by atomic mass is 35.5. The summed E-state index contributed by atoms with van der Waals surface area (Å²) in [6.07, 6.45) is -5.99. The first-order chi connectivity index (χ1) is 9.69. The highest BCUT2D eigenvalue weighted by Crippen LogP contribution is 2.21. The Balaban J connectivity index is 0.00000441. The van der Waals surface area contributed by atoms with Crippen LogP contribution in [0, 0.1) is 0 Å². The molecule has 1 rings (SSSR count). The SMILES string of the molecule is CC(C)c1ccc(C(N)CNC(=O)CCC(F)(F)F)cc1.Cl. The quantitative estimate of drug-likeness (QED) is 0.831. The number of amides is 1. The second-order valence-corrected chi connectivity index (χ2v) is 5.35. The van der Waals surface area contributed by atoms with Crippen molar-refractivity contribution < 1.29 is 18.0 Å². The molecule has 0 aliphatic rings. The van der Waals surface area contributed by atoms with Crippen molar-refractivity contribution in [3.05, 3.63) is 35.4 Å². The maximum absolute atomic E-state index is 12.0. The second-order valence-electron chi connectivity index (χ2n) is 5.35. The molecule has 0 radical (unpaired) electrons. The van der Waals surface area contributed by atoms with Crippen LogP contribution in [0.25, 0.3) is 0 Å². The van der Waals surface area contributed by atoms with Crippen LogP contribution in [0.4, 0.5) is 13.2 Å². The Morgan fingerprint density at radius 1 is 1.18 bits per heavy atom. The minimum absolute atomic E-state index is 0. The zero-order valence-electron chi connectivity index (χ0n) is 12.6. The third kappa shape index (κ3) is 7.66. The highest BCUT2D eigenvalue weighted by molar-refractivity contribution is 5.85. The van der Waals surface area contributed by atoms with Crippen LogP contribution >= 0.6 is 12.4 Å². The van der Waals surface area contributed by atoms with E-state index in [0.29, 0.717) is 5.92 Å². The molecule has 0 aliphatic heterocycles. The molecule has 0 saturated heterocycles. The molecule has 1 aromatic rings. The standard InChI is InChI=1S/C15H21F3N2O.ClH/c1-10(2)11-3-5-12(6-4-11)13(19)9-20-14(21)7-8-15(16,17)18;/h3-6,10,13H,7-9,19H2,1-2H3,(H,20,21);1H. The number of nitrogens with two attached hydrogens (primary N) is 1. The van der Waals surface area contributed by atoms with Gasteiger partial charge in [0.2, 0.25) is 5.91 Å². The molecule has 126 valence electrons. The maximum atomic E-state index is 12.0. The number of halogens is 4. The minimum atomic E-state index is -4.31. The number of carbonyl (C=O) groups is 1. The van der Waals surface area contributed by atoms with Crippen molar-refractivity contribution in [1.29, 1.82) is 0 Å². The summed E-state index contributed by atoms with van der Waals surface area (Å²) >= 11 is 0. The van der Waals surface area contributed by atoms with Crippen LogP contribution in [0.2, 0.25) is 0 Å². The van der Waals surface area contributed by atoms with E-state index in [4.69, 9.17) is 5.73 Å². The van der Waals surface area contributed by atoms with Crippen molar-refractivity contribution in [3.63, 3.8) is 0 Å². The molecule has 3 N–H and O–H groups in total. The van der Waals surface area contributed by atoms with Gasteiger partial charge in [0.1, 0.15) is 0 Å². The molecule has 22 heavy (non-hydrogen) atoms. The lowest BCUT2D eigenvalue weighted by atomic mass is 9.99. The molecule has 1 amide bonds. The first-order valence-electron chi connectivity index (χ1n) is 6.88. The van der Waals surface area contributed by atoms with Crippen LogP contribution in [0.1, 0.15) is 49.8 Å². The van der Waals surface area contributed by atoms with Gasteiger partial charge < -0.3 is 11.1 Å². The van der Waals surface area contributed by atoms with Gasteiger partial charge in [-0.3, -0.25) is 4.79 Å². The molecule has 0 bridgehead atoms. The number of nitrogens with one attached hydrogen (secondary N) is 1. The topological polar surface area (TPSA) is 55.1 Å². The van der Waals surface area contributed by atoms with Gasteiger partial charge in [0, 0.05) is 19.0 Å². The summed E-state index contributed by atoms with van der Waals surface area (Å²) in [5.41, 5.74) is 7.94. The van der Waals surface area contributed by atoms with Crippen LogP contribution in [0.5, 0.6) is 0 Å². The number of benzene rings is 1. The van der Waals surface area contributed by atoms with Gasteiger partial charge in [0.25, 0.3) is 0 Å². The van der Waals surface area contributed by atoms with E-state index in [1.807, 2.05) is 24.3 Å². The molecule has 3 nitrogen and oxygen atoms in total. The van der Waals surface area contributed by atoms with Gasteiger partial charge in [-0.25, -0.2) is 0 Å². The molecule has 0 heterocycles. The summed E-state index contributed by atoms with van der Waals surface area (Å²) in [6.45, 7) is 4.28. The summed E-state index contributed by atoms with van der Waals surface area (Å²) in [5, 5.41) is 2.43. The summed E-state index contributed by atoms with van der Waals surface area (Å²) in [4.78, 5) is 11.3. The van der Waals surface area contributed by atoms with Crippen LogP contribution < -0.4 is 11.1 Å².